The van der Waals surface area contributed by atoms with E-state index in [0.717, 1.165) is 17.7 Å². The fourth-order valence-electron chi connectivity index (χ4n) is 3.27. The van der Waals surface area contributed by atoms with E-state index in [4.69, 9.17) is 4.74 Å². The van der Waals surface area contributed by atoms with Crippen molar-refractivity contribution in [3.63, 3.8) is 0 Å². The van der Waals surface area contributed by atoms with Crippen molar-refractivity contribution in [3.05, 3.63) is 29.8 Å². The van der Waals surface area contributed by atoms with E-state index < -0.39 is 5.41 Å². The van der Waals surface area contributed by atoms with Gasteiger partial charge < -0.3 is 20.3 Å². The molecule has 6 nitrogen and oxygen atoms in total. The summed E-state index contributed by atoms with van der Waals surface area (Å²) in [6, 6.07) is 7.83. The first-order chi connectivity index (χ1) is 11.1. The topological polar surface area (TPSA) is 70.7 Å². The SMILES string of the molecule is COc1cccc(CC2(C(=O)N3CCCNC(=O)C3)CNC2)c1. The summed E-state index contributed by atoms with van der Waals surface area (Å²) in [5, 5.41) is 6.04. The average Bonchev–Trinajstić information content (AvgIpc) is 2.75. The van der Waals surface area contributed by atoms with Gasteiger partial charge in [-0.05, 0) is 30.5 Å². The zero-order chi connectivity index (χ0) is 16.3. The Hall–Kier alpha value is -2.08. The van der Waals surface area contributed by atoms with E-state index in [1.54, 1.807) is 12.0 Å². The van der Waals surface area contributed by atoms with Crippen molar-refractivity contribution < 1.29 is 14.3 Å². The number of nitrogens with zero attached hydrogens (tertiary/aromatic N) is 1. The smallest absolute Gasteiger partial charge is 0.239 e. The van der Waals surface area contributed by atoms with Gasteiger partial charge in [-0.15, -0.1) is 0 Å². The Morgan fingerprint density at radius 1 is 1.39 bits per heavy atom. The highest BCUT2D eigenvalue weighted by Gasteiger charge is 2.46. The highest BCUT2D eigenvalue weighted by Crippen LogP contribution is 2.31. The lowest BCUT2D eigenvalue weighted by Crippen LogP contribution is -2.63. The van der Waals surface area contributed by atoms with Gasteiger partial charge in [0, 0.05) is 26.2 Å². The number of rotatable bonds is 4. The first-order valence-corrected chi connectivity index (χ1v) is 8.03. The van der Waals surface area contributed by atoms with E-state index >= 15 is 0 Å². The molecule has 2 heterocycles. The van der Waals surface area contributed by atoms with Crippen molar-refractivity contribution in [2.24, 2.45) is 5.41 Å². The first-order valence-electron chi connectivity index (χ1n) is 8.03. The summed E-state index contributed by atoms with van der Waals surface area (Å²) in [7, 11) is 1.64. The maximum Gasteiger partial charge on any atom is 0.239 e. The maximum atomic E-state index is 13.0. The Bertz CT molecular complexity index is 599. The second-order valence-electron chi connectivity index (χ2n) is 6.34. The van der Waals surface area contributed by atoms with E-state index in [1.807, 2.05) is 24.3 Å². The van der Waals surface area contributed by atoms with Crippen molar-refractivity contribution in [2.45, 2.75) is 12.8 Å². The van der Waals surface area contributed by atoms with Gasteiger partial charge in [-0.1, -0.05) is 12.1 Å². The molecule has 2 N–H and O–H groups in total. The van der Waals surface area contributed by atoms with Crippen LogP contribution in [0.5, 0.6) is 5.75 Å². The Balaban J connectivity index is 1.76. The number of carbonyl (C=O) groups excluding carboxylic acids is 2. The van der Waals surface area contributed by atoms with Crippen LogP contribution in [0, 0.1) is 5.41 Å². The van der Waals surface area contributed by atoms with Crippen LogP contribution in [-0.2, 0) is 16.0 Å². The molecule has 2 fully saturated rings. The monoisotopic (exact) mass is 317 g/mol. The van der Waals surface area contributed by atoms with Crippen LogP contribution in [0.25, 0.3) is 0 Å². The molecule has 0 aromatic heterocycles. The van der Waals surface area contributed by atoms with E-state index in [2.05, 4.69) is 10.6 Å². The summed E-state index contributed by atoms with van der Waals surface area (Å²) in [5.74, 6) is 0.808. The summed E-state index contributed by atoms with van der Waals surface area (Å²) in [6.07, 6.45) is 1.47. The molecule has 2 aliphatic rings. The Morgan fingerprint density at radius 3 is 2.91 bits per heavy atom. The minimum absolute atomic E-state index is 0.0698. The number of amides is 2. The van der Waals surface area contributed by atoms with Crippen molar-refractivity contribution in [3.8, 4) is 5.75 Å². The average molecular weight is 317 g/mol. The highest BCUT2D eigenvalue weighted by molar-refractivity contribution is 5.89. The van der Waals surface area contributed by atoms with Gasteiger partial charge in [0.05, 0.1) is 19.1 Å². The Kier molecular flexibility index (Phi) is 4.52. The van der Waals surface area contributed by atoms with Gasteiger partial charge in [-0.2, -0.15) is 0 Å². The molecule has 0 unspecified atom stereocenters. The van der Waals surface area contributed by atoms with Gasteiger partial charge in [0.2, 0.25) is 11.8 Å². The molecule has 2 saturated heterocycles. The molecule has 0 radical (unpaired) electrons. The lowest BCUT2D eigenvalue weighted by atomic mass is 9.75. The molecule has 1 aromatic carbocycles. The van der Waals surface area contributed by atoms with Gasteiger partial charge in [-0.3, -0.25) is 9.59 Å². The van der Waals surface area contributed by atoms with Crippen LogP contribution in [0.3, 0.4) is 0 Å². The third-order valence-corrected chi connectivity index (χ3v) is 4.61. The molecule has 6 heteroatoms. The van der Waals surface area contributed by atoms with Crippen molar-refractivity contribution in [1.29, 1.82) is 0 Å². The number of carbonyl (C=O) groups is 2. The molecule has 2 aliphatic heterocycles. The van der Waals surface area contributed by atoms with E-state index in [-0.39, 0.29) is 18.4 Å². The Morgan fingerprint density at radius 2 is 2.22 bits per heavy atom. The molecule has 124 valence electrons. The number of hydrogen-bond acceptors (Lipinski definition) is 4. The molecular weight excluding hydrogens is 294 g/mol. The van der Waals surface area contributed by atoms with Crippen LogP contribution < -0.4 is 15.4 Å². The number of benzene rings is 1. The summed E-state index contributed by atoms with van der Waals surface area (Å²) >= 11 is 0. The second-order valence-corrected chi connectivity index (χ2v) is 6.34. The highest BCUT2D eigenvalue weighted by atomic mass is 16.5. The van der Waals surface area contributed by atoms with Crippen LogP contribution in [0.1, 0.15) is 12.0 Å². The van der Waals surface area contributed by atoms with Gasteiger partial charge >= 0.3 is 0 Å². The van der Waals surface area contributed by atoms with Crippen LogP contribution in [0.2, 0.25) is 0 Å². The minimum Gasteiger partial charge on any atom is -0.497 e. The first kappa shape index (κ1) is 15.8. The van der Waals surface area contributed by atoms with Crippen LogP contribution in [0.4, 0.5) is 0 Å². The standard InChI is InChI=1S/C17H23N3O3/c1-23-14-5-2-4-13(8-14)9-17(11-18-12-17)16(22)20-7-3-6-19-15(21)10-20/h2,4-5,8,18H,3,6-7,9-12H2,1H3,(H,19,21). The summed E-state index contributed by atoms with van der Waals surface area (Å²) in [5.41, 5.74) is 0.634. The predicted octanol–water partition coefficient (Wildman–Crippen LogP) is 0.176. The quantitative estimate of drug-likeness (QED) is 0.831. The lowest BCUT2D eigenvalue weighted by molar-refractivity contribution is -0.147. The molecule has 23 heavy (non-hydrogen) atoms. The third kappa shape index (κ3) is 3.32. The van der Waals surface area contributed by atoms with Crippen LogP contribution in [-0.4, -0.2) is 56.5 Å². The second kappa shape index (κ2) is 6.58. The molecule has 0 spiro atoms. The Labute approximate surface area is 136 Å². The van der Waals surface area contributed by atoms with Gasteiger partial charge in [0.15, 0.2) is 0 Å². The van der Waals surface area contributed by atoms with Gasteiger partial charge in [-0.25, -0.2) is 0 Å². The molecule has 3 rings (SSSR count). The molecule has 0 saturated carbocycles. The molecule has 1 aromatic rings. The number of hydrogen-bond donors (Lipinski definition) is 2. The van der Waals surface area contributed by atoms with Gasteiger partial charge in [0.1, 0.15) is 5.75 Å². The van der Waals surface area contributed by atoms with Gasteiger partial charge in [0.25, 0.3) is 0 Å². The predicted molar refractivity (Wildman–Crippen MR) is 86.2 cm³/mol. The zero-order valence-corrected chi connectivity index (χ0v) is 13.4. The maximum absolute atomic E-state index is 13.0. The van der Waals surface area contributed by atoms with Crippen LogP contribution in [0.15, 0.2) is 24.3 Å². The third-order valence-electron chi connectivity index (χ3n) is 4.61. The van der Waals surface area contributed by atoms with Crippen LogP contribution >= 0.6 is 0 Å². The largest absolute Gasteiger partial charge is 0.497 e. The minimum atomic E-state index is -0.447. The van der Waals surface area contributed by atoms with Crippen molar-refractivity contribution in [1.82, 2.24) is 15.5 Å². The fourth-order valence-corrected chi connectivity index (χ4v) is 3.27. The summed E-state index contributed by atoms with van der Waals surface area (Å²) < 4.78 is 5.26. The molecule has 0 bridgehead atoms. The zero-order valence-electron chi connectivity index (χ0n) is 13.4. The van der Waals surface area contributed by atoms with E-state index in [9.17, 15) is 9.59 Å². The van der Waals surface area contributed by atoms with E-state index in [1.165, 1.54) is 0 Å². The molecule has 2 amide bonds. The summed E-state index contributed by atoms with van der Waals surface area (Å²) in [4.78, 5) is 26.5. The number of nitrogens with one attached hydrogen (secondary N) is 2. The van der Waals surface area contributed by atoms with Crippen molar-refractivity contribution in [2.75, 3.05) is 39.8 Å². The fraction of sp³-hybridized carbons (Fsp3) is 0.529. The lowest BCUT2D eigenvalue weighted by Gasteiger charge is -2.44. The molecule has 0 aliphatic carbocycles. The van der Waals surface area contributed by atoms with E-state index in [0.29, 0.717) is 32.6 Å². The number of methoxy groups -OCH3 is 1. The normalized spacial score (nSPS) is 20.2. The summed E-state index contributed by atoms with van der Waals surface area (Å²) in [6.45, 7) is 2.75. The number of ether oxygens (including phenoxy) is 1. The van der Waals surface area contributed by atoms with Crippen molar-refractivity contribution >= 4 is 11.8 Å². The molecule has 0 atom stereocenters. The molecular formula is C17H23N3O3.